The first-order valence-electron chi connectivity index (χ1n) is 4.86. The molecule has 0 bridgehead atoms. The van der Waals surface area contributed by atoms with E-state index in [-0.39, 0.29) is 6.04 Å². The van der Waals surface area contributed by atoms with Crippen molar-refractivity contribution in [2.75, 3.05) is 0 Å². The van der Waals surface area contributed by atoms with Crippen LogP contribution in [0, 0.1) is 0 Å². The summed E-state index contributed by atoms with van der Waals surface area (Å²) in [5.74, 6) is 0.882. The number of nitrogens with zero attached hydrogens (tertiary/aromatic N) is 3. The second-order valence-corrected chi connectivity index (χ2v) is 3.93. The van der Waals surface area contributed by atoms with Crippen molar-refractivity contribution in [1.82, 2.24) is 15.1 Å². The molecule has 6 heteroatoms. The molecule has 0 aliphatic carbocycles. The molecule has 0 saturated carbocycles. The van der Waals surface area contributed by atoms with Crippen molar-refractivity contribution in [2.45, 2.75) is 19.4 Å². The normalized spacial score (nSPS) is 12.7. The van der Waals surface area contributed by atoms with Crippen molar-refractivity contribution in [3.63, 3.8) is 0 Å². The molecular weight excluding hydrogens is 228 g/mol. The fourth-order valence-corrected chi connectivity index (χ4v) is 1.47. The van der Waals surface area contributed by atoms with Gasteiger partial charge in [-0.15, -0.1) is 0 Å². The molecule has 2 rings (SSSR count). The molecule has 0 aliphatic rings. The van der Waals surface area contributed by atoms with Crippen LogP contribution < -0.4 is 5.73 Å². The van der Waals surface area contributed by atoms with Crippen LogP contribution in [0.2, 0.25) is 5.02 Å². The third kappa shape index (κ3) is 2.37. The van der Waals surface area contributed by atoms with E-state index in [0.29, 0.717) is 28.9 Å². The topological polar surface area (TPSA) is 77.8 Å². The van der Waals surface area contributed by atoms with Gasteiger partial charge in [-0.3, -0.25) is 4.98 Å². The van der Waals surface area contributed by atoms with Crippen molar-refractivity contribution >= 4 is 11.6 Å². The van der Waals surface area contributed by atoms with Crippen LogP contribution in [0.3, 0.4) is 0 Å². The lowest BCUT2D eigenvalue weighted by Crippen LogP contribution is -2.17. The lowest BCUT2D eigenvalue weighted by atomic mass is 10.2. The largest absolute Gasteiger partial charge is 0.339 e. The summed E-state index contributed by atoms with van der Waals surface area (Å²) in [5, 5.41) is 4.31. The molecule has 0 aliphatic heterocycles. The molecule has 2 heterocycles. The molecule has 16 heavy (non-hydrogen) atoms. The van der Waals surface area contributed by atoms with Gasteiger partial charge in [0.25, 0.3) is 0 Å². The Morgan fingerprint density at radius 1 is 1.56 bits per heavy atom. The fourth-order valence-electron chi connectivity index (χ4n) is 1.26. The lowest BCUT2D eigenvalue weighted by Gasteiger charge is -1.97. The summed E-state index contributed by atoms with van der Waals surface area (Å²) in [6, 6.07) is 3.45. The van der Waals surface area contributed by atoms with Crippen molar-refractivity contribution in [3.05, 3.63) is 29.2 Å². The summed E-state index contributed by atoms with van der Waals surface area (Å²) in [6.45, 7) is 1.87. The predicted octanol–water partition coefficient (Wildman–Crippen LogP) is 1.67. The van der Waals surface area contributed by atoms with Gasteiger partial charge in [-0.05, 0) is 19.1 Å². The predicted molar refractivity (Wildman–Crippen MR) is 59.9 cm³/mol. The maximum absolute atomic E-state index is 5.96. The Morgan fingerprint density at radius 2 is 2.38 bits per heavy atom. The first-order valence-corrected chi connectivity index (χ1v) is 5.23. The Balaban J connectivity index is 2.28. The van der Waals surface area contributed by atoms with E-state index >= 15 is 0 Å². The van der Waals surface area contributed by atoms with Crippen LogP contribution in [0.4, 0.5) is 0 Å². The highest BCUT2D eigenvalue weighted by atomic mass is 35.5. The summed E-state index contributed by atoms with van der Waals surface area (Å²) in [7, 11) is 0. The molecule has 84 valence electrons. The number of pyridine rings is 1. The molecule has 0 saturated heterocycles. The fraction of sp³-hybridized carbons (Fsp3) is 0.300. The molecule has 0 fully saturated rings. The van der Waals surface area contributed by atoms with Crippen LogP contribution in [-0.2, 0) is 6.42 Å². The van der Waals surface area contributed by atoms with Gasteiger partial charge in [0.15, 0.2) is 0 Å². The zero-order valence-electron chi connectivity index (χ0n) is 8.72. The molecular formula is C10H11ClN4O. The van der Waals surface area contributed by atoms with Gasteiger partial charge in [-0.25, -0.2) is 0 Å². The van der Waals surface area contributed by atoms with Gasteiger partial charge in [0.2, 0.25) is 11.7 Å². The second-order valence-electron chi connectivity index (χ2n) is 3.53. The van der Waals surface area contributed by atoms with E-state index in [2.05, 4.69) is 15.1 Å². The van der Waals surface area contributed by atoms with E-state index in [9.17, 15) is 0 Å². The van der Waals surface area contributed by atoms with Crippen molar-refractivity contribution < 1.29 is 4.52 Å². The minimum absolute atomic E-state index is 0.0208. The van der Waals surface area contributed by atoms with Crippen LogP contribution >= 0.6 is 11.6 Å². The Morgan fingerprint density at radius 3 is 3.06 bits per heavy atom. The minimum atomic E-state index is -0.0208. The molecule has 2 aromatic heterocycles. The molecule has 5 nitrogen and oxygen atoms in total. The summed E-state index contributed by atoms with van der Waals surface area (Å²) < 4.78 is 5.05. The van der Waals surface area contributed by atoms with Crippen molar-refractivity contribution in [3.8, 4) is 11.5 Å². The summed E-state index contributed by atoms with van der Waals surface area (Å²) in [6.07, 6.45) is 2.17. The van der Waals surface area contributed by atoms with E-state index in [1.54, 1.807) is 18.3 Å². The molecule has 0 aromatic carbocycles. The number of aromatic nitrogens is 3. The summed E-state index contributed by atoms with van der Waals surface area (Å²) in [4.78, 5) is 8.27. The van der Waals surface area contributed by atoms with Crippen LogP contribution in [0.1, 0.15) is 12.8 Å². The molecule has 0 amide bonds. The van der Waals surface area contributed by atoms with Gasteiger partial charge in [-0.2, -0.15) is 4.98 Å². The molecule has 1 atom stereocenters. The second kappa shape index (κ2) is 4.59. The molecule has 0 radical (unpaired) electrons. The van der Waals surface area contributed by atoms with Gasteiger partial charge in [-0.1, -0.05) is 16.8 Å². The van der Waals surface area contributed by atoms with Crippen LogP contribution in [0.5, 0.6) is 0 Å². The Kier molecular flexibility index (Phi) is 3.17. The summed E-state index contributed by atoms with van der Waals surface area (Å²) >= 11 is 5.96. The van der Waals surface area contributed by atoms with Gasteiger partial charge in [0.05, 0.1) is 5.02 Å². The third-order valence-corrected chi connectivity index (χ3v) is 2.24. The van der Waals surface area contributed by atoms with Crippen LogP contribution in [-0.4, -0.2) is 21.2 Å². The van der Waals surface area contributed by atoms with Crippen molar-refractivity contribution in [2.24, 2.45) is 5.73 Å². The molecule has 0 spiro atoms. The number of nitrogens with two attached hydrogens (primary N) is 1. The Hall–Kier alpha value is -1.46. The highest BCUT2D eigenvalue weighted by molar-refractivity contribution is 6.32. The van der Waals surface area contributed by atoms with E-state index in [0.717, 1.165) is 0 Å². The number of rotatable bonds is 3. The molecule has 2 aromatic rings. The van der Waals surface area contributed by atoms with E-state index < -0.39 is 0 Å². The Bertz CT molecular complexity index is 483. The smallest absolute Gasteiger partial charge is 0.228 e. The average molecular weight is 239 g/mol. The monoisotopic (exact) mass is 238 g/mol. The zero-order chi connectivity index (χ0) is 11.5. The zero-order valence-corrected chi connectivity index (χ0v) is 9.48. The minimum Gasteiger partial charge on any atom is -0.339 e. The van der Waals surface area contributed by atoms with Crippen molar-refractivity contribution in [1.29, 1.82) is 0 Å². The van der Waals surface area contributed by atoms with Gasteiger partial charge < -0.3 is 10.3 Å². The maximum atomic E-state index is 5.96. The van der Waals surface area contributed by atoms with Crippen LogP contribution in [0.25, 0.3) is 11.5 Å². The molecule has 1 unspecified atom stereocenters. The third-order valence-electron chi connectivity index (χ3n) is 1.93. The van der Waals surface area contributed by atoms with E-state index in [4.69, 9.17) is 21.9 Å². The quantitative estimate of drug-likeness (QED) is 0.880. The highest BCUT2D eigenvalue weighted by Crippen LogP contribution is 2.22. The van der Waals surface area contributed by atoms with Gasteiger partial charge in [0, 0.05) is 18.7 Å². The standard InChI is InChI=1S/C10H11ClN4O/c1-6(12)5-8-14-10(15-16-8)9-7(11)3-2-4-13-9/h2-4,6H,5,12H2,1H3. The average Bonchev–Trinajstić information content (AvgIpc) is 2.66. The number of hydrogen-bond acceptors (Lipinski definition) is 5. The number of halogens is 1. The van der Waals surface area contributed by atoms with Gasteiger partial charge >= 0.3 is 0 Å². The maximum Gasteiger partial charge on any atom is 0.228 e. The molecule has 2 N–H and O–H groups in total. The van der Waals surface area contributed by atoms with Gasteiger partial charge in [0.1, 0.15) is 5.69 Å². The first kappa shape index (κ1) is 11.0. The van der Waals surface area contributed by atoms with E-state index in [1.165, 1.54) is 0 Å². The lowest BCUT2D eigenvalue weighted by molar-refractivity contribution is 0.372. The highest BCUT2D eigenvalue weighted by Gasteiger charge is 2.13. The van der Waals surface area contributed by atoms with E-state index in [1.807, 2.05) is 6.92 Å². The summed E-state index contributed by atoms with van der Waals surface area (Å²) in [5.41, 5.74) is 6.15. The SMILES string of the molecule is CC(N)Cc1nc(-c2ncccc2Cl)no1. The first-order chi connectivity index (χ1) is 7.66. The Labute approximate surface area is 97.6 Å². The number of hydrogen-bond donors (Lipinski definition) is 1. The van der Waals surface area contributed by atoms with Crippen LogP contribution in [0.15, 0.2) is 22.9 Å².